The largest absolute Gasteiger partial charge is 0.204 e. The van der Waals surface area contributed by atoms with Crippen LogP contribution < -0.4 is 0 Å². The van der Waals surface area contributed by atoms with E-state index in [0.717, 1.165) is 6.07 Å². The Morgan fingerprint density at radius 2 is 1.75 bits per heavy atom. The first-order chi connectivity index (χ1) is 7.59. The van der Waals surface area contributed by atoms with Gasteiger partial charge < -0.3 is 0 Å². The van der Waals surface area contributed by atoms with Gasteiger partial charge in [-0.1, -0.05) is 35.3 Å². The first-order valence-electron chi connectivity index (χ1n) is 4.22. The van der Waals surface area contributed by atoms with Crippen molar-refractivity contribution in [3.8, 4) is 11.1 Å². The van der Waals surface area contributed by atoms with Crippen molar-refractivity contribution in [3.63, 3.8) is 0 Å². The van der Waals surface area contributed by atoms with Crippen LogP contribution in [0.3, 0.4) is 0 Å². The number of hydrogen-bond donors (Lipinski definition) is 0. The van der Waals surface area contributed by atoms with E-state index in [1.807, 2.05) is 0 Å². The average Bonchev–Trinajstić information content (AvgIpc) is 2.26. The molecule has 1 heterocycles. The number of hydrogen-bond acceptors (Lipinski definition) is 2. The number of halogens is 4. The van der Waals surface area contributed by atoms with Crippen LogP contribution in [-0.4, -0.2) is 10.2 Å². The van der Waals surface area contributed by atoms with Gasteiger partial charge in [0.15, 0.2) is 21.9 Å². The highest BCUT2D eigenvalue weighted by Crippen LogP contribution is 2.30. The maximum absolute atomic E-state index is 13.5. The van der Waals surface area contributed by atoms with Crippen molar-refractivity contribution in [1.29, 1.82) is 0 Å². The van der Waals surface area contributed by atoms with Crippen molar-refractivity contribution in [3.05, 3.63) is 46.2 Å². The fourth-order valence-corrected chi connectivity index (χ4v) is 1.59. The molecule has 0 N–H and O–H groups in total. The molecule has 1 aromatic heterocycles. The lowest BCUT2D eigenvalue weighted by atomic mass is 10.1. The van der Waals surface area contributed by atoms with Crippen LogP contribution in [0.25, 0.3) is 11.1 Å². The Morgan fingerprint density at radius 3 is 2.50 bits per heavy atom. The van der Waals surface area contributed by atoms with Gasteiger partial charge in [0, 0.05) is 11.1 Å². The molecule has 0 bridgehead atoms. The summed E-state index contributed by atoms with van der Waals surface area (Å²) in [5, 5.41) is 7.03. The van der Waals surface area contributed by atoms with Gasteiger partial charge in [-0.2, -0.15) is 0 Å². The van der Waals surface area contributed by atoms with Gasteiger partial charge in [0.1, 0.15) is 0 Å². The lowest BCUT2D eigenvalue weighted by Gasteiger charge is -2.05. The Bertz CT molecular complexity index is 546. The lowest BCUT2D eigenvalue weighted by molar-refractivity contribution is 0.511. The van der Waals surface area contributed by atoms with Crippen molar-refractivity contribution >= 4 is 23.2 Å². The van der Waals surface area contributed by atoms with Gasteiger partial charge in [0.25, 0.3) is 0 Å². The second kappa shape index (κ2) is 4.31. The second-order valence-corrected chi connectivity index (χ2v) is 3.72. The number of aromatic nitrogens is 2. The zero-order valence-corrected chi connectivity index (χ0v) is 9.23. The molecule has 1 aromatic carbocycles. The Labute approximate surface area is 99.8 Å². The van der Waals surface area contributed by atoms with Gasteiger partial charge in [-0.15, -0.1) is 10.2 Å². The predicted molar refractivity (Wildman–Crippen MR) is 57.4 cm³/mol. The molecule has 16 heavy (non-hydrogen) atoms. The standard InChI is InChI=1S/C10H4Cl2F2N2/c11-8-4-6(10(12)16-15-8)5-2-1-3-7(13)9(5)14/h1-4H. The van der Waals surface area contributed by atoms with E-state index in [1.54, 1.807) is 0 Å². The third-order valence-corrected chi connectivity index (χ3v) is 2.42. The van der Waals surface area contributed by atoms with Gasteiger partial charge in [-0.05, 0) is 12.1 Å². The molecular weight excluding hydrogens is 257 g/mol. The first-order valence-corrected chi connectivity index (χ1v) is 4.98. The smallest absolute Gasteiger partial charge is 0.166 e. The van der Waals surface area contributed by atoms with Crippen LogP contribution in [0.15, 0.2) is 24.3 Å². The molecule has 0 fully saturated rings. The first kappa shape index (κ1) is 11.2. The van der Waals surface area contributed by atoms with Crippen LogP contribution in [-0.2, 0) is 0 Å². The normalized spacial score (nSPS) is 10.5. The predicted octanol–water partition coefficient (Wildman–Crippen LogP) is 3.73. The van der Waals surface area contributed by atoms with Crippen molar-refractivity contribution in [2.45, 2.75) is 0 Å². The van der Waals surface area contributed by atoms with Crippen LogP contribution >= 0.6 is 23.2 Å². The molecule has 0 aliphatic heterocycles. The molecule has 0 radical (unpaired) electrons. The highest BCUT2D eigenvalue weighted by molar-refractivity contribution is 6.33. The zero-order valence-electron chi connectivity index (χ0n) is 7.72. The third kappa shape index (κ3) is 1.99. The Hall–Kier alpha value is -1.26. The Balaban J connectivity index is 2.67. The van der Waals surface area contributed by atoms with Gasteiger partial charge >= 0.3 is 0 Å². The van der Waals surface area contributed by atoms with Crippen LogP contribution in [0, 0.1) is 11.6 Å². The minimum absolute atomic E-state index is 0.00167. The molecule has 0 atom stereocenters. The number of rotatable bonds is 1. The fraction of sp³-hybridized carbons (Fsp3) is 0. The summed E-state index contributed by atoms with van der Waals surface area (Å²) in [6.45, 7) is 0. The van der Waals surface area contributed by atoms with Crippen LogP contribution in [0.5, 0.6) is 0 Å². The summed E-state index contributed by atoms with van der Waals surface area (Å²) in [6.07, 6.45) is 0. The summed E-state index contributed by atoms with van der Waals surface area (Å²) >= 11 is 11.3. The number of benzene rings is 1. The Kier molecular flexibility index (Phi) is 3.03. The molecular formula is C10H4Cl2F2N2. The molecule has 0 amide bonds. The molecule has 0 aliphatic carbocycles. The average molecular weight is 261 g/mol. The zero-order chi connectivity index (χ0) is 11.7. The molecule has 0 unspecified atom stereocenters. The topological polar surface area (TPSA) is 25.8 Å². The molecule has 6 heteroatoms. The summed E-state index contributed by atoms with van der Waals surface area (Å²) in [7, 11) is 0. The van der Waals surface area contributed by atoms with E-state index in [0.29, 0.717) is 0 Å². The monoisotopic (exact) mass is 260 g/mol. The highest BCUT2D eigenvalue weighted by Gasteiger charge is 2.14. The quantitative estimate of drug-likeness (QED) is 0.781. The van der Waals surface area contributed by atoms with E-state index in [4.69, 9.17) is 23.2 Å². The van der Waals surface area contributed by atoms with E-state index in [9.17, 15) is 8.78 Å². The highest BCUT2D eigenvalue weighted by atomic mass is 35.5. The molecule has 0 saturated carbocycles. The molecule has 82 valence electrons. The minimum Gasteiger partial charge on any atom is -0.204 e. The molecule has 2 nitrogen and oxygen atoms in total. The van der Waals surface area contributed by atoms with Gasteiger partial charge in [-0.3, -0.25) is 0 Å². The summed E-state index contributed by atoms with van der Waals surface area (Å²) in [6, 6.07) is 5.10. The lowest BCUT2D eigenvalue weighted by Crippen LogP contribution is -1.93. The summed E-state index contributed by atoms with van der Waals surface area (Å²) in [5.74, 6) is -1.95. The maximum atomic E-state index is 13.5. The molecule has 2 aromatic rings. The number of nitrogens with zero attached hydrogens (tertiary/aromatic N) is 2. The molecule has 0 aliphatic rings. The van der Waals surface area contributed by atoms with Gasteiger partial charge in [-0.25, -0.2) is 8.78 Å². The van der Waals surface area contributed by atoms with Gasteiger partial charge in [0.2, 0.25) is 0 Å². The van der Waals surface area contributed by atoms with Crippen molar-refractivity contribution in [1.82, 2.24) is 10.2 Å². The van der Waals surface area contributed by atoms with Crippen molar-refractivity contribution in [2.75, 3.05) is 0 Å². The minimum atomic E-state index is -0.992. The fourth-order valence-electron chi connectivity index (χ4n) is 1.25. The van der Waals surface area contributed by atoms with Crippen LogP contribution in [0.4, 0.5) is 8.78 Å². The molecule has 0 spiro atoms. The maximum Gasteiger partial charge on any atom is 0.166 e. The summed E-state index contributed by atoms with van der Waals surface area (Å²) in [4.78, 5) is 0. The van der Waals surface area contributed by atoms with Crippen LogP contribution in [0.1, 0.15) is 0 Å². The second-order valence-electron chi connectivity index (χ2n) is 2.97. The van der Waals surface area contributed by atoms with E-state index in [2.05, 4.69) is 10.2 Å². The van der Waals surface area contributed by atoms with E-state index in [1.165, 1.54) is 18.2 Å². The van der Waals surface area contributed by atoms with E-state index < -0.39 is 11.6 Å². The van der Waals surface area contributed by atoms with Crippen LogP contribution in [0.2, 0.25) is 10.3 Å². The Morgan fingerprint density at radius 1 is 1.00 bits per heavy atom. The van der Waals surface area contributed by atoms with Crippen molar-refractivity contribution < 1.29 is 8.78 Å². The SMILES string of the molecule is Fc1cccc(-c2cc(Cl)nnc2Cl)c1F. The van der Waals surface area contributed by atoms with E-state index >= 15 is 0 Å². The summed E-state index contributed by atoms with van der Waals surface area (Å²) < 4.78 is 26.5. The van der Waals surface area contributed by atoms with Crippen molar-refractivity contribution in [2.24, 2.45) is 0 Å². The van der Waals surface area contributed by atoms with E-state index in [-0.39, 0.29) is 21.4 Å². The summed E-state index contributed by atoms with van der Waals surface area (Å²) in [5.41, 5.74) is 0.209. The van der Waals surface area contributed by atoms with Gasteiger partial charge in [0.05, 0.1) is 0 Å². The third-order valence-electron chi connectivity index (χ3n) is 1.96. The molecule has 2 rings (SSSR count). The molecule has 0 saturated heterocycles.